The minimum atomic E-state index is -0.833. The van der Waals surface area contributed by atoms with E-state index in [9.17, 15) is 4.79 Å². The molecule has 0 saturated heterocycles. The highest BCUT2D eigenvalue weighted by Crippen LogP contribution is 2.46. The molecule has 154 valence electrons. The van der Waals surface area contributed by atoms with Crippen molar-refractivity contribution in [3.63, 3.8) is 0 Å². The van der Waals surface area contributed by atoms with Gasteiger partial charge in [-0.2, -0.15) is 0 Å². The second-order valence-electron chi connectivity index (χ2n) is 7.83. The van der Waals surface area contributed by atoms with Crippen LogP contribution in [0.2, 0.25) is 0 Å². The first-order valence-electron chi connectivity index (χ1n) is 9.95. The molecule has 0 spiro atoms. The van der Waals surface area contributed by atoms with E-state index in [2.05, 4.69) is 11.8 Å². The fraction of sp³-hybridized carbons (Fsp3) is 0.435. The summed E-state index contributed by atoms with van der Waals surface area (Å²) in [7, 11) is 4.07. The zero-order valence-corrected chi connectivity index (χ0v) is 17.4. The van der Waals surface area contributed by atoms with E-state index in [1.54, 1.807) is 0 Å². The lowest BCUT2D eigenvalue weighted by Crippen LogP contribution is -2.43. The van der Waals surface area contributed by atoms with Crippen molar-refractivity contribution in [1.29, 1.82) is 0 Å². The van der Waals surface area contributed by atoms with Crippen LogP contribution >= 0.6 is 0 Å². The van der Waals surface area contributed by atoms with Crippen LogP contribution in [0.3, 0.4) is 0 Å². The Morgan fingerprint density at radius 3 is 1.86 bits per heavy atom. The Morgan fingerprint density at radius 1 is 0.931 bits per heavy atom. The molecule has 4 rings (SSSR count). The fourth-order valence-electron chi connectivity index (χ4n) is 4.09. The van der Waals surface area contributed by atoms with E-state index >= 15 is 0 Å². The molecule has 29 heavy (non-hydrogen) atoms. The van der Waals surface area contributed by atoms with Gasteiger partial charge in [-0.3, -0.25) is 4.79 Å². The molecule has 0 amide bonds. The number of Topliss-reactive ketones (excluding diaryl/α,β-unsaturated/α-hetero) is 1. The zero-order valence-electron chi connectivity index (χ0n) is 17.4. The van der Waals surface area contributed by atoms with Crippen LogP contribution < -0.4 is 18.9 Å². The largest absolute Gasteiger partial charge is 0.454 e. The van der Waals surface area contributed by atoms with E-state index in [-0.39, 0.29) is 25.4 Å². The Morgan fingerprint density at radius 2 is 1.41 bits per heavy atom. The van der Waals surface area contributed by atoms with Crippen LogP contribution in [0.15, 0.2) is 36.4 Å². The fourth-order valence-corrected chi connectivity index (χ4v) is 4.09. The van der Waals surface area contributed by atoms with Gasteiger partial charge in [0.2, 0.25) is 13.6 Å². The van der Waals surface area contributed by atoms with Crippen molar-refractivity contribution < 1.29 is 23.7 Å². The smallest absolute Gasteiger partial charge is 0.231 e. The summed E-state index contributed by atoms with van der Waals surface area (Å²) in [4.78, 5) is 15.8. The van der Waals surface area contributed by atoms with Crippen LogP contribution in [0, 0.1) is 0 Å². The minimum absolute atomic E-state index is 0.156. The highest BCUT2D eigenvalue weighted by molar-refractivity contribution is 5.94. The monoisotopic (exact) mass is 397 g/mol. The molecule has 2 heterocycles. The molecule has 0 radical (unpaired) electrons. The van der Waals surface area contributed by atoms with Gasteiger partial charge in [-0.1, -0.05) is 19.1 Å². The van der Waals surface area contributed by atoms with Gasteiger partial charge < -0.3 is 23.8 Å². The summed E-state index contributed by atoms with van der Waals surface area (Å²) in [5.41, 5.74) is 0.975. The number of fused-ring (bicyclic) bond motifs is 2. The highest BCUT2D eigenvalue weighted by atomic mass is 16.7. The summed E-state index contributed by atoms with van der Waals surface area (Å²) >= 11 is 0. The second kappa shape index (κ2) is 7.59. The molecular formula is C23H27NO5. The van der Waals surface area contributed by atoms with Crippen molar-refractivity contribution in [3.05, 3.63) is 47.5 Å². The number of hydrogen-bond acceptors (Lipinski definition) is 6. The molecule has 2 aromatic carbocycles. The average molecular weight is 397 g/mol. The van der Waals surface area contributed by atoms with Gasteiger partial charge >= 0.3 is 0 Å². The van der Waals surface area contributed by atoms with Gasteiger partial charge in [-0.25, -0.2) is 0 Å². The molecule has 0 fully saturated rings. The van der Waals surface area contributed by atoms with Crippen molar-refractivity contribution in [1.82, 2.24) is 4.90 Å². The summed E-state index contributed by atoms with van der Waals surface area (Å²) in [6, 6.07) is 11.8. The van der Waals surface area contributed by atoms with Crippen LogP contribution in [0.5, 0.6) is 23.0 Å². The van der Waals surface area contributed by atoms with Crippen LogP contribution in [-0.2, 0) is 10.2 Å². The number of hydrogen-bond donors (Lipinski definition) is 0. The summed E-state index contributed by atoms with van der Waals surface area (Å²) in [6.07, 6.45) is 1.05. The van der Waals surface area contributed by atoms with Crippen LogP contribution in [0.25, 0.3) is 0 Å². The molecule has 0 aliphatic carbocycles. The lowest BCUT2D eigenvalue weighted by Gasteiger charge is -2.37. The number of rotatable bonds is 7. The van der Waals surface area contributed by atoms with E-state index in [0.717, 1.165) is 11.1 Å². The summed E-state index contributed by atoms with van der Waals surface area (Å²) in [5.74, 6) is 2.92. The Labute approximate surface area is 171 Å². The maximum Gasteiger partial charge on any atom is 0.231 e. The zero-order chi connectivity index (χ0) is 20.6. The number of ketones is 1. The van der Waals surface area contributed by atoms with Gasteiger partial charge in [0.15, 0.2) is 23.0 Å². The first kappa shape index (κ1) is 19.6. The third-order valence-corrected chi connectivity index (χ3v) is 6.01. The van der Waals surface area contributed by atoms with Gasteiger partial charge in [-0.05, 0) is 62.8 Å². The number of nitrogens with zero attached hydrogens (tertiary/aromatic N) is 1. The summed E-state index contributed by atoms with van der Waals surface area (Å²) < 4.78 is 22.2. The molecule has 0 saturated carbocycles. The first-order valence-corrected chi connectivity index (χ1v) is 9.95. The van der Waals surface area contributed by atoms with Gasteiger partial charge in [0.25, 0.3) is 0 Å². The lowest BCUT2D eigenvalue weighted by molar-refractivity contribution is -0.123. The molecule has 1 atom stereocenters. The molecule has 6 nitrogen and oxygen atoms in total. The normalized spacial score (nSPS) is 15.6. The van der Waals surface area contributed by atoms with Gasteiger partial charge in [0.1, 0.15) is 5.78 Å². The number of carbonyl (C=O) groups excluding carboxylic acids is 1. The van der Waals surface area contributed by atoms with Crippen molar-refractivity contribution in [3.8, 4) is 23.0 Å². The van der Waals surface area contributed by atoms with Gasteiger partial charge in [-0.15, -0.1) is 0 Å². The first-order chi connectivity index (χ1) is 14.0. The molecular weight excluding hydrogens is 370 g/mol. The van der Waals surface area contributed by atoms with Crippen molar-refractivity contribution in [2.24, 2.45) is 0 Å². The van der Waals surface area contributed by atoms with Crippen LogP contribution in [0.1, 0.15) is 37.8 Å². The Bertz CT molecular complexity index is 866. The highest BCUT2D eigenvalue weighted by Gasteiger charge is 2.43. The van der Waals surface area contributed by atoms with Crippen LogP contribution in [0.4, 0.5) is 0 Å². The predicted molar refractivity (Wildman–Crippen MR) is 109 cm³/mol. The number of ether oxygens (including phenoxy) is 4. The molecule has 2 aliphatic rings. The molecule has 0 N–H and O–H groups in total. The molecule has 0 bridgehead atoms. The number of benzene rings is 2. The van der Waals surface area contributed by atoms with E-state index in [1.807, 2.05) is 57.4 Å². The SMILES string of the molecule is CCC(=O)C(C[C@H](C)N(C)C)(c1ccc2c(c1)OCO2)c1ccc2c(c1)OCO2. The second-order valence-corrected chi connectivity index (χ2v) is 7.83. The average Bonchev–Trinajstić information content (AvgIpc) is 3.38. The van der Waals surface area contributed by atoms with Gasteiger partial charge in [0.05, 0.1) is 5.41 Å². The van der Waals surface area contributed by atoms with E-state index in [4.69, 9.17) is 18.9 Å². The number of carbonyl (C=O) groups is 1. The van der Waals surface area contributed by atoms with E-state index in [1.165, 1.54) is 0 Å². The van der Waals surface area contributed by atoms with Crippen LogP contribution in [-0.4, -0.2) is 44.4 Å². The van der Waals surface area contributed by atoms with Crippen molar-refractivity contribution in [2.45, 2.75) is 38.1 Å². The third kappa shape index (κ3) is 3.31. The maximum absolute atomic E-state index is 13.6. The van der Waals surface area contributed by atoms with E-state index in [0.29, 0.717) is 35.8 Å². The minimum Gasteiger partial charge on any atom is -0.454 e. The summed E-state index contributed by atoms with van der Waals surface area (Å²) in [5, 5.41) is 0. The molecule has 2 aromatic rings. The van der Waals surface area contributed by atoms with E-state index < -0.39 is 5.41 Å². The Kier molecular flexibility index (Phi) is 5.13. The molecule has 2 aliphatic heterocycles. The van der Waals surface area contributed by atoms with Crippen molar-refractivity contribution in [2.75, 3.05) is 27.7 Å². The van der Waals surface area contributed by atoms with Crippen molar-refractivity contribution >= 4 is 5.78 Å². The quantitative estimate of drug-likeness (QED) is 0.709. The molecule has 0 aromatic heterocycles. The summed E-state index contributed by atoms with van der Waals surface area (Å²) in [6.45, 7) is 4.45. The van der Waals surface area contributed by atoms with Gasteiger partial charge in [0, 0.05) is 12.5 Å². The molecule has 0 unspecified atom stereocenters. The maximum atomic E-state index is 13.6. The Hall–Kier alpha value is -2.73. The predicted octanol–water partition coefficient (Wildman–Crippen LogP) is 3.75. The Balaban J connectivity index is 1.92. The lowest BCUT2D eigenvalue weighted by atomic mass is 9.66. The topological polar surface area (TPSA) is 57.2 Å². The standard InChI is InChI=1S/C23H27NO5/c1-5-22(25)23(12-15(2)24(3)4,16-6-8-18-20(10-16)28-13-26-18)17-7-9-19-21(11-17)29-14-27-19/h6-11,15H,5,12-14H2,1-4H3/t15-/m0/s1. The third-order valence-electron chi connectivity index (χ3n) is 6.01. The molecule has 6 heteroatoms.